The van der Waals surface area contributed by atoms with Crippen molar-refractivity contribution in [1.29, 1.82) is 0 Å². The highest BCUT2D eigenvalue weighted by Crippen LogP contribution is 2.14. The minimum absolute atomic E-state index is 0.647. The van der Waals surface area contributed by atoms with Gasteiger partial charge in [-0.25, -0.2) is 0 Å². The van der Waals surface area contributed by atoms with Gasteiger partial charge in [0.1, 0.15) is 5.75 Å². The van der Waals surface area contributed by atoms with E-state index >= 15 is 0 Å². The maximum Gasteiger partial charge on any atom is 0.121 e. The van der Waals surface area contributed by atoms with Crippen LogP contribution < -0.4 is 10.5 Å². The van der Waals surface area contributed by atoms with E-state index in [4.69, 9.17) is 15.2 Å². The zero-order chi connectivity index (χ0) is 14.8. The van der Waals surface area contributed by atoms with Crippen molar-refractivity contribution in [3.8, 4) is 5.75 Å². The molecule has 21 heavy (non-hydrogen) atoms. The van der Waals surface area contributed by atoms with E-state index in [0.717, 1.165) is 43.9 Å². The van der Waals surface area contributed by atoms with Gasteiger partial charge in [0.05, 0.1) is 6.61 Å². The molecular formula is C17H22N2O2. The predicted molar refractivity (Wildman–Crippen MR) is 84.3 cm³/mol. The molecule has 0 aliphatic rings. The number of hydrogen-bond acceptors (Lipinski definition) is 4. The van der Waals surface area contributed by atoms with Crippen LogP contribution in [-0.4, -0.2) is 24.8 Å². The van der Waals surface area contributed by atoms with E-state index in [-0.39, 0.29) is 0 Å². The SMILES string of the molecule is Nc1cccc(OCCCOCCCc2ccncc2)c1. The summed E-state index contributed by atoms with van der Waals surface area (Å²) in [5.74, 6) is 0.813. The monoisotopic (exact) mass is 286 g/mol. The first-order valence-electron chi connectivity index (χ1n) is 7.29. The molecule has 0 atom stereocenters. The molecular weight excluding hydrogens is 264 g/mol. The van der Waals surface area contributed by atoms with E-state index in [0.29, 0.717) is 6.61 Å². The summed E-state index contributed by atoms with van der Waals surface area (Å²) in [6, 6.07) is 11.6. The molecule has 0 aliphatic heterocycles. The van der Waals surface area contributed by atoms with E-state index in [9.17, 15) is 0 Å². The van der Waals surface area contributed by atoms with Gasteiger partial charge >= 0.3 is 0 Å². The third kappa shape index (κ3) is 6.27. The average Bonchev–Trinajstić information content (AvgIpc) is 2.51. The smallest absolute Gasteiger partial charge is 0.121 e. The zero-order valence-electron chi connectivity index (χ0n) is 12.2. The van der Waals surface area contributed by atoms with Crippen LogP contribution in [0.1, 0.15) is 18.4 Å². The second-order valence-corrected chi connectivity index (χ2v) is 4.85. The van der Waals surface area contributed by atoms with Gasteiger partial charge in [-0.2, -0.15) is 0 Å². The lowest BCUT2D eigenvalue weighted by molar-refractivity contribution is 0.117. The molecule has 4 nitrogen and oxygen atoms in total. The largest absolute Gasteiger partial charge is 0.493 e. The normalized spacial score (nSPS) is 10.5. The first kappa shape index (κ1) is 15.3. The molecule has 1 aromatic carbocycles. The molecule has 0 unspecified atom stereocenters. The molecule has 2 rings (SSSR count). The number of ether oxygens (including phenoxy) is 2. The third-order valence-electron chi connectivity index (χ3n) is 3.06. The summed E-state index contributed by atoms with van der Waals surface area (Å²) in [5, 5.41) is 0. The predicted octanol–water partition coefficient (Wildman–Crippen LogP) is 3.08. The van der Waals surface area contributed by atoms with Gasteiger partial charge in [0.2, 0.25) is 0 Å². The summed E-state index contributed by atoms with van der Waals surface area (Å²) in [6.07, 6.45) is 6.58. The number of benzene rings is 1. The highest BCUT2D eigenvalue weighted by molar-refractivity contribution is 5.43. The van der Waals surface area contributed by atoms with Crippen LogP contribution in [0, 0.1) is 0 Å². The quantitative estimate of drug-likeness (QED) is 0.568. The number of nitrogens with zero attached hydrogens (tertiary/aromatic N) is 1. The van der Waals surface area contributed by atoms with Crippen LogP contribution >= 0.6 is 0 Å². The van der Waals surface area contributed by atoms with Crippen LogP contribution in [-0.2, 0) is 11.2 Å². The molecule has 2 aromatic rings. The Labute approximate surface area is 125 Å². The Hall–Kier alpha value is -2.07. The van der Waals surface area contributed by atoms with Gasteiger partial charge in [-0.05, 0) is 42.7 Å². The minimum Gasteiger partial charge on any atom is -0.493 e. The maximum absolute atomic E-state index is 5.68. The van der Waals surface area contributed by atoms with E-state index in [1.807, 2.05) is 48.8 Å². The number of aromatic nitrogens is 1. The Kier molecular flexibility index (Phi) is 6.55. The Morgan fingerprint density at radius 1 is 0.952 bits per heavy atom. The first-order valence-corrected chi connectivity index (χ1v) is 7.29. The maximum atomic E-state index is 5.68. The molecule has 0 fully saturated rings. The van der Waals surface area contributed by atoms with E-state index in [2.05, 4.69) is 4.98 Å². The fourth-order valence-corrected chi connectivity index (χ4v) is 1.99. The molecule has 0 saturated heterocycles. The van der Waals surface area contributed by atoms with E-state index in [1.165, 1.54) is 5.56 Å². The van der Waals surface area contributed by atoms with Gasteiger partial charge in [-0.1, -0.05) is 6.07 Å². The molecule has 1 aromatic heterocycles. The van der Waals surface area contributed by atoms with Crippen LogP contribution in [0.2, 0.25) is 0 Å². The van der Waals surface area contributed by atoms with Crippen molar-refractivity contribution < 1.29 is 9.47 Å². The highest BCUT2D eigenvalue weighted by atomic mass is 16.5. The molecule has 0 spiro atoms. The van der Waals surface area contributed by atoms with Crippen molar-refractivity contribution in [2.75, 3.05) is 25.6 Å². The second-order valence-electron chi connectivity index (χ2n) is 4.85. The van der Waals surface area contributed by atoms with Gasteiger partial charge in [-0.15, -0.1) is 0 Å². The lowest BCUT2D eigenvalue weighted by Crippen LogP contribution is -2.04. The van der Waals surface area contributed by atoms with E-state index < -0.39 is 0 Å². The van der Waals surface area contributed by atoms with Crippen molar-refractivity contribution in [3.05, 3.63) is 54.4 Å². The standard InChI is InChI=1S/C17H22N2O2/c18-16-5-1-6-17(14-16)21-13-3-12-20-11-2-4-15-7-9-19-10-8-15/h1,5-10,14H,2-4,11-13,18H2. The summed E-state index contributed by atoms with van der Waals surface area (Å²) in [6.45, 7) is 2.15. The lowest BCUT2D eigenvalue weighted by atomic mass is 10.1. The fraction of sp³-hybridized carbons (Fsp3) is 0.353. The summed E-state index contributed by atoms with van der Waals surface area (Å²) >= 11 is 0. The Bertz CT molecular complexity index is 517. The van der Waals surface area contributed by atoms with Crippen LogP contribution in [0.5, 0.6) is 5.75 Å². The van der Waals surface area contributed by atoms with Gasteiger partial charge in [0, 0.05) is 43.8 Å². The van der Waals surface area contributed by atoms with Crippen molar-refractivity contribution in [3.63, 3.8) is 0 Å². The number of nitrogen functional groups attached to an aromatic ring is 1. The lowest BCUT2D eigenvalue weighted by Gasteiger charge is -2.07. The summed E-state index contributed by atoms with van der Waals surface area (Å²) in [7, 11) is 0. The third-order valence-corrected chi connectivity index (χ3v) is 3.06. The van der Waals surface area contributed by atoms with Crippen molar-refractivity contribution in [2.45, 2.75) is 19.3 Å². The Balaban J connectivity index is 1.47. The van der Waals surface area contributed by atoms with Gasteiger partial charge < -0.3 is 15.2 Å². The van der Waals surface area contributed by atoms with Crippen molar-refractivity contribution >= 4 is 5.69 Å². The molecule has 0 aliphatic carbocycles. The molecule has 112 valence electrons. The fourth-order valence-electron chi connectivity index (χ4n) is 1.99. The van der Waals surface area contributed by atoms with Crippen molar-refractivity contribution in [1.82, 2.24) is 4.98 Å². The number of pyridine rings is 1. The van der Waals surface area contributed by atoms with Gasteiger partial charge in [0.25, 0.3) is 0 Å². The van der Waals surface area contributed by atoms with Gasteiger partial charge in [-0.3, -0.25) is 4.98 Å². The molecule has 0 bridgehead atoms. The number of nitrogens with two attached hydrogens (primary N) is 1. The molecule has 2 N–H and O–H groups in total. The number of hydrogen-bond donors (Lipinski definition) is 1. The number of aryl methyl sites for hydroxylation is 1. The van der Waals surface area contributed by atoms with Crippen LogP contribution in [0.3, 0.4) is 0 Å². The molecule has 1 heterocycles. The summed E-state index contributed by atoms with van der Waals surface area (Å²) in [5.41, 5.74) is 7.71. The first-order chi connectivity index (χ1) is 10.3. The minimum atomic E-state index is 0.647. The zero-order valence-corrected chi connectivity index (χ0v) is 12.2. The second kappa shape index (κ2) is 8.97. The summed E-state index contributed by atoms with van der Waals surface area (Å²) < 4.78 is 11.2. The summed E-state index contributed by atoms with van der Waals surface area (Å²) in [4.78, 5) is 4.00. The number of anilines is 1. The number of rotatable bonds is 9. The topological polar surface area (TPSA) is 57.4 Å². The molecule has 4 heteroatoms. The highest BCUT2D eigenvalue weighted by Gasteiger charge is 1.96. The average molecular weight is 286 g/mol. The molecule has 0 saturated carbocycles. The van der Waals surface area contributed by atoms with Crippen LogP contribution in [0.25, 0.3) is 0 Å². The Morgan fingerprint density at radius 3 is 2.57 bits per heavy atom. The van der Waals surface area contributed by atoms with Crippen molar-refractivity contribution in [2.24, 2.45) is 0 Å². The van der Waals surface area contributed by atoms with E-state index in [1.54, 1.807) is 0 Å². The molecule has 0 radical (unpaired) electrons. The Morgan fingerprint density at radius 2 is 1.76 bits per heavy atom. The van der Waals surface area contributed by atoms with Gasteiger partial charge in [0.15, 0.2) is 0 Å². The van der Waals surface area contributed by atoms with Crippen LogP contribution in [0.15, 0.2) is 48.8 Å². The van der Waals surface area contributed by atoms with Crippen LogP contribution in [0.4, 0.5) is 5.69 Å². The molecule has 0 amide bonds.